The van der Waals surface area contributed by atoms with Crippen molar-refractivity contribution < 1.29 is 13.8 Å². The normalized spacial score (nSPS) is 24.5. The molecule has 0 aromatic heterocycles. The third-order valence-electron chi connectivity index (χ3n) is 3.37. The molecule has 1 aromatic rings. The Morgan fingerprint density at radius 2 is 2.27 bits per heavy atom. The van der Waals surface area contributed by atoms with Gasteiger partial charge in [-0.1, -0.05) is 26.0 Å². The third-order valence-corrected chi connectivity index (χ3v) is 5.83. The number of hydrogen-bond acceptors (Lipinski definition) is 4. The van der Waals surface area contributed by atoms with Crippen LogP contribution in [0.4, 0.5) is 0 Å². The van der Waals surface area contributed by atoms with Crippen LogP contribution >= 0.6 is 6.64 Å². The lowest BCUT2D eigenvalue weighted by Gasteiger charge is -2.19. The van der Waals surface area contributed by atoms with Gasteiger partial charge in [-0.2, -0.15) is 0 Å². The highest BCUT2D eigenvalue weighted by molar-refractivity contribution is 8.09. The van der Waals surface area contributed by atoms with E-state index in [0.717, 1.165) is 18.4 Å². The van der Waals surface area contributed by atoms with Crippen molar-refractivity contribution in [2.24, 2.45) is 5.92 Å². The molecular weight excluding hydrogens is 317 g/mol. The zero-order valence-electron chi connectivity index (χ0n) is 13.4. The molecule has 1 N–H and O–H groups in total. The molecule has 0 saturated carbocycles. The second kappa shape index (κ2) is 7.60. The average Bonchev–Trinajstić information content (AvgIpc) is 2.81. The van der Waals surface area contributed by atoms with Gasteiger partial charge in [0.1, 0.15) is 0 Å². The second-order valence-corrected chi connectivity index (χ2v) is 8.95. The molecule has 1 heterocycles. The minimum atomic E-state index is -2.49. The van der Waals surface area contributed by atoms with Crippen LogP contribution in [-0.2, 0) is 22.8 Å². The molecule has 0 aliphatic carbocycles. The van der Waals surface area contributed by atoms with E-state index in [0.29, 0.717) is 24.0 Å². The number of benzene rings is 1. The predicted molar refractivity (Wildman–Crippen MR) is 94.1 cm³/mol. The van der Waals surface area contributed by atoms with Crippen molar-refractivity contribution in [2.45, 2.75) is 32.7 Å². The zero-order chi connectivity index (χ0) is 16.2. The molecule has 0 spiro atoms. The first-order chi connectivity index (χ1) is 10.5. The van der Waals surface area contributed by atoms with Crippen molar-refractivity contribution in [3.63, 3.8) is 0 Å². The lowest BCUT2D eigenvalue weighted by Crippen LogP contribution is -2.24. The Hall–Kier alpha value is -0.870. The number of rotatable bonds is 7. The predicted octanol–water partition coefficient (Wildman–Crippen LogP) is 4.06. The Morgan fingerprint density at radius 1 is 1.50 bits per heavy atom. The Labute approximate surface area is 138 Å². The molecule has 1 saturated heterocycles. The first-order valence-electron chi connectivity index (χ1n) is 7.45. The van der Waals surface area contributed by atoms with Crippen molar-refractivity contribution in [1.29, 1.82) is 0 Å². The molecule has 0 bridgehead atoms. The second-order valence-electron chi connectivity index (χ2n) is 5.82. The molecule has 22 heavy (non-hydrogen) atoms. The minimum absolute atomic E-state index is 0.261. The average molecular weight is 341 g/mol. The molecule has 0 radical (unpaired) electrons. The maximum Gasteiger partial charge on any atom is 0.313 e. The molecule has 4 nitrogen and oxygen atoms in total. The van der Waals surface area contributed by atoms with E-state index < -0.39 is 6.64 Å². The number of nitrogens with one attached hydrogen (secondary N) is 1. The molecule has 122 valence electrons. The summed E-state index contributed by atoms with van der Waals surface area (Å²) in [6.07, 6.45) is 3.67. The fourth-order valence-electron chi connectivity index (χ4n) is 2.44. The monoisotopic (exact) mass is 341 g/mol. The Morgan fingerprint density at radius 3 is 2.91 bits per heavy atom. The summed E-state index contributed by atoms with van der Waals surface area (Å²) in [7, 11) is 1.62. The fourth-order valence-corrected chi connectivity index (χ4v) is 4.90. The molecule has 2 rings (SSSR count). The van der Waals surface area contributed by atoms with E-state index in [2.05, 4.69) is 25.5 Å². The van der Waals surface area contributed by atoms with Gasteiger partial charge in [0.25, 0.3) is 0 Å². The van der Waals surface area contributed by atoms with E-state index in [9.17, 15) is 0 Å². The van der Waals surface area contributed by atoms with Crippen LogP contribution in [0.1, 0.15) is 25.8 Å². The molecule has 2 atom stereocenters. The van der Waals surface area contributed by atoms with Crippen LogP contribution in [0.2, 0.25) is 0 Å². The summed E-state index contributed by atoms with van der Waals surface area (Å²) in [6.45, 7) is 6.23. The van der Waals surface area contributed by atoms with Gasteiger partial charge < -0.3 is 13.8 Å². The number of hydrogen-bond donors (Lipinski definition) is 1. The van der Waals surface area contributed by atoms with Crippen LogP contribution in [0.3, 0.4) is 0 Å². The highest BCUT2D eigenvalue weighted by Gasteiger charge is 2.34. The van der Waals surface area contributed by atoms with Gasteiger partial charge in [0, 0.05) is 6.04 Å². The molecule has 0 amide bonds. The molecule has 1 unspecified atom stereocenters. The standard InChI is InChI=1S/C16H24NO3PS/c1-5-6-13-7-8-15(16(10-13)18-4)20-21(22)17-14(11-19-21)9-12(2)3/h5,7-8,10,12,14H,1,6,9,11H2,2-4H3,(H,17,22)/t14-,21?/m0/s1. The molecule has 1 aromatic carbocycles. The van der Waals surface area contributed by atoms with E-state index in [4.69, 9.17) is 25.6 Å². The molecule has 1 fully saturated rings. The lowest BCUT2D eigenvalue weighted by atomic mass is 10.1. The van der Waals surface area contributed by atoms with Crippen LogP contribution in [-0.4, -0.2) is 19.8 Å². The highest BCUT2D eigenvalue weighted by atomic mass is 32.5. The summed E-state index contributed by atoms with van der Waals surface area (Å²) >= 11 is 5.55. The Kier molecular flexibility index (Phi) is 6.04. The highest BCUT2D eigenvalue weighted by Crippen LogP contribution is 2.51. The molecule has 1 aliphatic heterocycles. The summed E-state index contributed by atoms with van der Waals surface area (Å²) in [4.78, 5) is 0. The van der Waals surface area contributed by atoms with E-state index in [1.54, 1.807) is 7.11 Å². The van der Waals surface area contributed by atoms with E-state index >= 15 is 0 Å². The van der Waals surface area contributed by atoms with Crippen molar-refractivity contribution >= 4 is 18.4 Å². The van der Waals surface area contributed by atoms with Crippen molar-refractivity contribution in [3.05, 3.63) is 36.4 Å². The maximum atomic E-state index is 5.97. The van der Waals surface area contributed by atoms with E-state index in [1.165, 1.54) is 0 Å². The molecular formula is C16H24NO3PS. The quantitative estimate of drug-likeness (QED) is 0.598. The van der Waals surface area contributed by atoms with Gasteiger partial charge in [0.05, 0.1) is 13.7 Å². The number of methoxy groups -OCH3 is 1. The van der Waals surface area contributed by atoms with E-state index in [-0.39, 0.29) is 6.04 Å². The van der Waals surface area contributed by atoms with Crippen molar-refractivity contribution in [3.8, 4) is 11.5 Å². The summed E-state index contributed by atoms with van der Waals surface area (Å²) in [6, 6.07) is 6.08. The van der Waals surface area contributed by atoms with Crippen LogP contribution < -0.4 is 14.3 Å². The van der Waals surface area contributed by atoms with Gasteiger partial charge in [-0.15, -0.1) is 6.58 Å². The Balaban J connectivity index is 2.10. The van der Waals surface area contributed by atoms with Crippen molar-refractivity contribution in [1.82, 2.24) is 5.09 Å². The van der Waals surface area contributed by atoms with Gasteiger partial charge in [-0.05, 0) is 48.3 Å². The van der Waals surface area contributed by atoms with Gasteiger partial charge in [-0.3, -0.25) is 0 Å². The van der Waals surface area contributed by atoms with Crippen LogP contribution in [0, 0.1) is 5.92 Å². The third kappa shape index (κ3) is 4.56. The lowest BCUT2D eigenvalue weighted by molar-refractivity contribution is 0.312. The van der Waals surface area contributed by atoms with E-state index in [1.807, 2.05) is 24.3 Å². The maximum absolute atomic E-state index is 5.97. The first-order valence-corrected chi connectivity index (χ1v) is 10.1. The summed E-state index contributed by atoms with van der Waals surface area (Å²) in [5.41, 5.74) is 1.12. The molecule has 1 aliphatic rings. The number of ether oxygens (including phenoxy) is 1. The smallest absolute Gasteiger partial charge is 0.313 e. The minimum Gasteiger partial charge on any atom is -0.493 e. The topological polar surface area (TPSA) is 39.7 Å². The van der Waals surface area contributed by atoms with Crippen LogP contribution in [0.5, 0.6) is 11.5 Å². The van der Waals surface area contributed by atoms with Gasteiger partial charge in [0.2, 0.25) is 0 Å². The SMILES string of the molecule is C=CCc1ccc(OP2(=S)N[C@@H](CC(C)C)CO2)c(OC)c1. The molecule has 6 heteroatoms. The first kappa shape index (κ1) is 17.5. The van der Waals surface area contributed by atoms with Crippen molar-refractivity contribution in [2.75, 3.05) is 13.7 Å². The summed E-state index contributed by atoms with van der Waals surface area (Å²) in [5.74, 6) is 1.88. The Bertz CT molecular complexity index is 577. The zero-order valence-corrected chi connectivity index (χ0v) is 15.1. The number of allylic oxidation sites excluding steroid dienone is 1. The summed E-state index contributed by atoms with van der Waals surface area (Å²) in [5, 5.41) is 3.35. The largest absolute Gasteiger partial charge is 0.493 e. The van der Waals surface area contributed by atoms with Crippen LogP contribution in [0.25, 0.3) is 0 Å². The van der Waals surface area contributed by atoms with Gasteiger partial charge in [-0.25, -0.2) is 5.09 Å². The fraction of sp³-hybridized carbons (Fsp3) is 0.500. The summed E-state index contributed by atoms with van der Waals surface area (Å²) < 4.78 is 17.1. The van der Waals surface area contributed by atoms with Gasteiger partial charge >= 0.3 is 6.64 Å². The van der Waals surface area contributed by atoms with Gasteiger partial charge in [0.15, 0.2) is 11.5 Å². The van der Waals surface area contributed by atoms with Crippen LogP contribution in [0.15, 0.2) is 30.9 Å².